The highest BCUT2D eigenvalue weighted by Crippen LogP contribution is 2.24. The summed E-state index contributed by atoms with van der Waals surface area (Å²) in [6, 6.07) is 7.35. The highest BCUT2D eigenvalue weighted by Gasteiger charge is 2.11. The molecule has 0 saturated heterocycles. The summed E-state index contributed by atoms with van der Waals surface area (Å²) in [5, 5.41) is 15.2. The highest BCUT2D eigenvalue weighted by atomic mass is 32.1. The lowest BCUT2D eigenvalue weighted by Gasteiger charge is -2.10. The van der Waals surface area contributed by atoms with Crippen LogP contribution < -0.4 is 10.6 Å². The lowest BCUT2D eigenvalue weighted by molar-refractivity contribution is 0.262. The number of hydrogen-bond acceptors (Lipinski definition) is 4. The number of carbonyl (C=O) groups is 1. The van der Waals surface area contributed by atoms with Crippen LogP contribution in [0.2, 0.25) is 0 Å². The number of aryl methyl sites for hydroxylation is 1. The number of rotatable bonds is 4. The highest BCUT2D eigenvalue weighted by molar-refractivity contribution is 7.15. The lowest BCUT2D eigenvalue weighted by Crippen LogP contribution is -2.19. The van der Waals surface area contributed by atoms with Gasteiger partial charge in [0.15, 0.2) is 0 Å². The molecule has 1 aliphatic rings. The molecule has 23 heavy (non-hydrogen) atoms. The van der Waals surface area contributed by atoms with Crippen LogP contribution in [0.4, 0.5) is 15.6 Å². The van der Waals surface area contributed by atoms with E-state index in [0.717, 1.165) is 35.5 Å². The molecule has 3 rings (SSSR count). The number of anilines is 2. The van der Waals surface area contributed by atoms with Gasteiger partial charge < -0.3 is 5.32 Å². The van der Waals surface area contributed by atoms with Crippen LogP contribution in [0.5, 0.6) is 0 Å². The first kappa shape index (κ1) is 15.7. The number of urea groups is 1. The van der Waals surface area contributed by atoms with Gasteiger partial charge >= 0.3 is 6.03 Å². The van der Waals surface area contributed by atoms with E-state index in [2.05, 4.69) is 26.9 Å². The van der Waals surface area contributed by atoms with Crippen molar-refractivity contribution in [3.05, 3.63) is 46.5 Å². The number of nitrogens with zero attached hydrogens (tertiary/aromatic N) is 2. The fourth-order valence-electron chi connectivity index (χ4n) is 2.53. The average Bonchev–Trinajstić information content (AvgIpc) is 2.97. The molecule has 1 heterocycles. The van der Waals surface area contributed by atoms with E-state index in [1.165, 1.54) is 29.8 Å². The Morgan fingerprint density at radius 1 is 1.17 bits per heavy atom. The zero-order valence-electron chi connectivity index (χ0n) is 13.1. The Kier molecular flexibility index (Phi) is 5.02. The molecule has 5 nitrogen and oxygen atoms in total. The van der Waals surface area contributed by atoms with E-state index >= 15 is 0 Å². The molecule has 0 radical (unpaired) electrons. The van der Waals surface area contributed by atoms with Gasteiger partial charge in [-0.25, -0.2) is 4.79 Å². The van der Waals surface area contributed by atoms with E-state index in [9.17, 15) is 4.79 Å². The van der Waals surface area contributed by atoms with Crippen LogP contribution in [-0.2, 0) is 6.42 Å². The van der Waals surface area contributed by atoms with Crippen LogP contribution in [0.3, 0.4) is 0 Å². The van der Waals surface area contributed by atoms with Gasteiger partial charge in [0.1, 0.15) is 5.01 Å². The largest absolute Gasteiger partial charge is 0.325 e. The van der Waals surface area contributed by atoms with Gasteiger partial charge in [-0.15, -0.1) is 10.2 Å². The van der Waals surface area contributed by atoms with Gasteiger partial charge in [0, 0.05) is 12.1 Å². The van der Waals surface area contributed by atoms with Gasteiger partial charge in [0.25, 0.3) is 0 Å². The summed E-state index contributed by atoms with van der Waals surface area (Å²) in [5.41, 5.74) is 3.34. The summed E-state index contributed by atoms with van der Waals surface area (Å²) in [6.07, 6.45) is 8.01. The Labute approximate surface area is 139 Å². The number of allylic oxidation sites excluding steroid dienone is 2. The van der Waals surface area contributed by atoms with Crippen molar-refractivity contribution < 1.29 is 4.79 Å². The van der Waals surface area contributed by atoms with Crippen molar-refractivity contribution in [2.45, 2.75) is 39.0 Å². The summed E-state index contributed by atoms with van der Waals surface area (Å²) in [6.45, 7) is 2.01. The van der Waals surface area contributed by atoms with Gasteiger partial charge in [0.05, 0.1) is 0 Å². The van der Waals surface area contributed by atoms with E-state index in [-0.39, 0.29) is 6.03 Å². The SMILES string of the molecule is Cc1ccc(NC(=O)Nc2nnc(CC3=CCCCC3)s2)cc1. The van der Waals surface area contributed by atoms with Gasteiger partial charge in [-0.3, -0.25) is 5.32 Å². The standard InChI is InChI=1S/C17H20N4OS/c1-12-7-9-14(10-8-12)18-16(22)19-17-21-20-15(23-17)11-13-5-3-2-4-6-13/h5,7-10H,2-4,6,11H2,1H3,(H2,18,19,21,22). The molecule has 2 N–H and O–H groups in total. The summed E-state index contributed by atoms with van der Waals surface area (Å²) in [5.74, 6) is 0. The van der Waals surface area contributed by atoms with Crippen molar-refractivity contribution in [1.82, 2.24) is 10.2 Å². The lowest BCUT2D eigenvalue weighted by atomic mass is 9.98. The minimum Gasteiger partial charge on any atom is -0.308 e. The van der Waals surface area contributed by atoms with Gasteiger partial charge in [-0.2, -0.15) is 0 Å². The van der Waals surface area contributed by atoms with E-state index in [0.29, 0.717) is 5.13 Å². The smallest absolute Gasteiger partial charge is 0.308 e. The first-order valence-corrected chi connectivity index (χ1v) is 8.66. The summed E-state index contributed by atoms with van der Waals surface area (Å²) in [4.78, 5) is 12.0. The van der Waals surface area contributed by atoms with Crippen molar-refractivity contribution in [1.29, 1.82) is 0 Å². The van der Waals surface area contributed by atoms with E-state index in [1.54, 1.807) is 0 Å². The second-order valence-electron chi connectivity index (χ2n) is 5.73. The minimum absolute atomic E-state index is 0.298. The fraction of sp³-hybridized carbons (Fsp3) is 0.353. The molecule has 0 unspecified atom stereocenters. The predicted octanol–water partition coefficient (Wildman–Crippen LogP) is 4.53. The Balaban J connectivity index is 1.54. The third-order valence-electron chi connectivity index (χ3n) is 3.76. The van der Waals surface area contributed by atoms with Crippen molar-refractivity contribution in [3.8, 4) is 0 Å². The molecule has 1 aromatic heterocycles. The number of hydrogen-bond donors (Lipinski definition) is 2. The van der Waals surface area contributed by atoms with Crippen molar-refractivity contribution in [2.75, 3.05) is 10.6 Å². The number of amides is 2. The van der Waals surface area contributed by atoms with E-state index in [1.807, 2.05) is 31.2 Å². The Morgan fingerprint density at radius 3 is 2.74 bits per heavy atom. The molecular weight excluding hydrogens is 308 g/mol. The third kappa shape index (κ3) is 4.63. The van der Waals surface area contributed by atoms with Crippen LogP contribution in [0.25, 0.3) is 0 Å². The molecule has 0 fully saturated rings. The molecule has 2 amide bonds. The molecule has 0 saturated carbocycles. The summed E-state index contributed by atoms with van der Waals surface area (Å²) in [7, 11) is 0. The second kappa shape index (κ2) is 7.37. The van der Waals surface area contributed by atoms with Crippen molar-refractivity contribution in [3.63, 3.8) is 0 Å². The number of carbonyl (C=O) groups excluding carboxylic acids is 1. The molecule has 0 atom stereocenters. The van der Waals surface area contributed by atoms with Crippen molar-refractivity contribution in [2.24, 2.45) is 0 Å². The van der Waals surface area contributed by atoms with E-state index in [4.69, 9.17) is 0 Å². The van der Waals surface area contributed by atoms with Gasteiger partial charge in [0.2, 0.25) is 5.13 Å². The second-order valence-corrected chi connectivity index (χ2v) is 6.79. The third-order valence-corrected chi connectivity index (χ3v) is 4.60. The Bertz CT molecular complexity index is 706. The van der Waals surface area contributed by atoms with E-state index < -0.39 is 0 Å². The molecular formula is C17H20N4OS. The maximum absolute atomic E-state index is 12.0. The Morgan fingerprint density at radius 2 is 2.00 bits per heavy atom. The number of aromatic nitrogens is 2. The maximum Gasteiger partial charge on any atom is 0.325 e. The molecule has 1 aliphatic carbocycles. The van der Waals surface area contributed by atoms with Crippen LogP contribution in [0, 0.1) is 6.92 Å². The molecule has 0 spiro atoms. The molecule has 2 aromatic rings. The maximum atomic E-state index is 12.0. The zero-order chi connectivity index (χ0) is 16.1. The molecule has 120 valence electrons. The molecule has 0 aliphatic heterocycles. The number of nitrogens with one attached hydrogen (secondary N) is 2. The molecule has 0 bridgehead atoms. The normalized spacial score (nSPS) is 14.2. The van der Waals surface area contributed by atoms with Crippen LogP contribution in [0.1, 0.15) is 36.3 Å². The number of benzene rings is 1. The quantitative estimate of drug-likeness (QED) is 0.810. The summed E-state index contributed by atoms with van der Waals surface area (Å²) >= 11 is 1.43. The topological polar surface area (TPSA) is 66.9 Å². The van der Waals surface area contributed by atoms with Crippen molar-refractivity contribution >= 4 is 28.2 Å². The van der Waals surface area contributed by atoms with Crippen LogP contribution in [-0.4, -0.2) is 16.2 Å². The van der Waals surface area contributed by atoms with Crippen LogP contribution >= 0.6 is 11.3 Å². The fourth-order valence-corrected chi connectivity index (χ4v) is 3.32. The van der Waals surface area contributed by atoms with Gasteiger partial charge in [-0.1, -0.05) is 40.7 Å². The predicted molar refractivity (Wildman–Crippen MR) is 94.0 cm³/mol. The van der Waals surface area contributed by atoms with Gasteiger partial charge in [-0.05, 0) is 44.7 Å². The molecule has 6 heteroatoms. The van der Waals surface area contributed by atoms with Crippen LogP contribution in [0.15, 0.2) is 35.9 Å². The molecule has 1 aromatic carbocycles. The first-order valence-electron chi connectivity index (χ1n) is 7.84. The minimum atomic E-state index is -0.298. The summed E-state index contributed by atoms with van der Waals surface area (Å²) < 4.78 is 0. The first-order chi connectivity index (χ1) is 11.2. The monoisotopic (exact) mass is 328 g/mol. The Hall–Kier alpha value is -2.21. The average molecular weight is 328 g/mol. The zero-order valence-corrected chi connectivity index (χ0v) is 13.9.